The first-order valence-electron chi connectivity index (χ1n) is 16.4. The third-order valence-electron chi connectivity index (χ3n) is 8.70. The molecular formula is C36H38N8O6. The Hall–Kier alpha value is -6.05. The highest BCUT2D eigenvalue weighted by molar-refractivity contribution is 5.99. The predicted octanol–water partition coefficient (Wildman–Crippen LogP) is 0.998. The SMILES string of the molecule is C[C@@H]1NC(=O)[C@@H](NC(=O)c2ccc(-n3cnnc3)cc2)Cc2ccc(cc2)OCCNC(=O)C2(CC2)NC(=O)[C@@H](Cc2ccccc2)NC1=O. The largest absolute Gasteiger partial charge is 0.492 e. The van der Waals surface area contributed by atoms with Gasteiger partial charge in [0.1, 0.15) is 48.7 Å². The van der Waals surface area contributed by atoms with Crippen LogP contribution in [0.1, 0.15) is 41.3 Å². The van der Waals surface area contributed by atoms with Gasteiger partial charge < -0.3 is 31.3 Å². The molecule has 0 saturated heterocycles. The summed E-state index contributed by atoms with van der Waals surface area (Å²) in [4.78, 5) is 67.3. The number of carbonyl (C=O) groups is 5. The summed E-state index contributed by atoms with van der Waals surface area (Å²) >= 11 is 0. The second kappa shape index (κ2) is 15.0. The van der Waals surface area contributed by atoms with Crippen LogP contribution in [0.3, 0.4) is 0 Å². The lowest BCUT2D eigenvalue weighted by molar-refractivity contribution is -0.134. The van der Waals surface area contributed by atoms with Crippen LogP contribution in [0.5, 0.6) is 5.75 Å². The van der Waals surface area contributed by atoms with Crippen molar-refractivity contribution in [3.63, 3.8) is 0 Å². The smallest absolute Gasteiger partial charge is 0.251 e. The van der Waals surface area contributed by atoms with Crippen LogP contribution < -0.4 is 31.3 Å². The van der Waals surface area contributed by atoms with E-state index in [4.69, 9.17) is 4.74 Å². The van der Waals surface area contributed by atoms with Crippen molar-refractivity contribution in [1.29, 1.82) is 0 Å². The van der Waals surface area contributed by atoms with Crippen LogP contribution in [0.15, 0.2) is 91.5 Å². The van der Waals surface area contributed by atoms with E-state index in [1.54, 1.807) is 53.1 Å². The molecule has 1 fully saturated rings. The van der Waals surface area contributed by atoms with Crippen molar-refractivity contribution >= 4 is 29.5 Å². The lowest BCUT2D eigenvalue weighted by atomic mass is 10.0. The summed E-state index contributed by atoms with van der Waals surface area (Å²) < 4.78 is 7.50. The number of fused-ring (bicyclic) bond motifs is 15. The molecule has 1 aromatic heterocycles. The second-order valence-corrected chi connectivity index (χ2v) is 12.4. The molecule has 2 aliphatic heterocycles. The molecule has 0 radical (unpaired) electrons. The second-order valence-electron chi connectivity index (χ2n) is 12.4. The van der Waals surface area contributed by atoms with E-state index in [1.165, 1.54) is 19.6 Å². The number of benzene rings is 3. The van der Waals surface area contributed by atoms with E-state index in [-0.39, 0.29) is 31.9 Å². The first-order valence-corrected chi connectivity index (χ1v) is 16.4. The normalized spacial score (nSPS) is 21.2. The Morgan fingerprint density at radius 3 is 2.26 bits per heavy atom. The fourth-order valence-electron chi connectivity index (χ4n) is 5.62. The minimum absolute atomic E-state index is 0.113. The Morgan fingerprint density at radius 1 is 0.880 bits per heavy atom. The van der Waals surface area contributed by atoms with Gasteiger partial charge in [0.05, 0.1) is 6.54 Å². The van der Waals surface area contributed by atoms with Gasteiger partial charge in [-0.3, -0.25) is 28.5 Å². The zero-order valence-electron chi connectivity index (χ0n) is 27.4. The van der Waals surface area contributed by atoms with Crippen LogP contribution in [-0.2, 0) is 32.0 Å². The molecule has 1 aliphatic carbocycles. The molecule has 3 heterocycles. The first-order chi connectivity index (χ1) is 24.2. The summed E-state index contributed by atoms with van der Waals surface area (Å²) in [5.74, 6) is -1.95. The molecule has 1 spiro atoms. The molecule has 14 nitrogen and oxygen atoms in total. The highest BCUT2D eigenvalue weighted by Crippen LogP contribution is 2.35. The molecule has 3 aromatic carbocycles. The predicted molar refractivity (Wildman–Crippen MR) is 181 cm³/mol. The topological polar surface area (TPSA) is 185 Å². The molecule has 0 unspecified atom stereocenters. The van der Waals surface area contributed by atoms with Gasteiger partial charge in [0.25, 0.3) is 5.91 Å². The maximum Gasteiger partial charge on any atom is 0.251 e. The third-order valence-corrected chi connectivity index (χ3v) is 8.70. The van der Waals surface area contributed by atoms with Gasteiger partial charge in [-0.15, -0.1) is 10.2 Å². The molecule has 4 aromatic rings. The number of carbonyl (C=O) groups excluding carboxylic acids is 5. The average molecular weight is 679 g/mol. The fourth-order valence-corrected chi connectivity index (χ4v) is 5.62. The zero-order valence-corrected chi connectivity index (χ0v) is 27.4. The van der Waals surface area contributed by atoms with Gasteiger partial charge in [0, 0.05) is 24.1 Å². The molecule has 3 aliphatic rings. The van der Waals surface area contributed by atoms with Gasteiger partial charge >= 0.3 is 0 Å². The lowest BCUT2D eigenvalue weighted by Gasteiger charge is -2.25. The summed E-state index contributed by atoms with van der Waals surface area (Å²) in [6.45, 7) is 1.91. The van der Waals surface area contributed by atoms with E-state index in [9.17, 15) is 24.0 Å². The summed E-state index contributed by atoms with van der Waals surface area (Å²) in [7, 11) is 0. The number of hydrogen-bond acceptors (Lipinski definition) is 8. The van der Waals surface area contributed by atoms with Crippen molar-refractivity contribution in [2.45, 2.75) is 56.3 Å². The van der Waals surface area contributed by atoms with E-state index in [0.717, 1.165) is 16.8 Å². The van der Waals surface area contributed by atoms with E-state index < -0.39 is 47.3 Å². The van der Waals surface area contributed by atoms with Crippen LogP contribution in [0.25, 0.3) is 5.69 Å². The average Bonchev–Trinajstić information content (AvgIpc) is 3.69. The lowest BCUT2D eigenvalue weighted by Crippen LogP contribution is -2.59. The molecule has 5 N–H and O–H groups in total. The summed E-state index contributed by atoms with van der Waals surface area (Å²) in [5.41, 5.74) is 1.54. The van der Waals surface area contributed by atoms with E-state index in [0.29, 0.717) is 24.2 Å². The molecular weight excluding hydrogens is 640 g/mol. The maximum absolute atomic E-state index is 13.7. The Kier molecular flexibility index (Phi) is 10.2. The number of nitrogens with zero attached hydrogens (tertiary/aromatic N) is 3. The Morgan fingerprint density at radius 2 is 1.58 bits per heavy atom. The van der Waals surface area contributed by atoms with E-state index in [1.807, 2.05) is 30.3 Å². The Balaban J connectivity index is 1.22. The minimum atomic E-state index is -1.07. The van der Waals surface area contributed by atoms with E-state index >= 15 is 0 Å². The number of nitrogens with one attached hydrogen (secondary N) is 5. The monoisotopic (exact) mass is 678 g/mol. The highest BCUT2D eigenvalue weighted by atomic mass is 16.5. The van der Waals surface area contributed by atoms with Crippen LogP contribution >= 0.6 is 0 Å². The standard InChI is InChI=1S/C36H38N8O6/c1-23-31(45)41-30(19-24-5-3-2-4-6-24)34(48)43-36(15-16-36)35(49)37-17-18-50-28-13-7-25(8-14-28)20-29(33(47)40-23)42-32(46)26-9-11-27(12-10-26)44-21-38-39-22-44/h2-14,21-23,29-30H,15-20H2,1H3,(H,37,49)(H,40,47)(H,41,45)(H,42,46)(H,43,48)/t23-,29-,30+/m0/s1. The van der Waals surface area contributed by atoms with Crippen LogP contribution in [0, 0.1) is 0 Å². The van der Waals surface area contributed by atoms with Crippen molar-refractivity contribution in [3.8, 4) is 11.4 Å². The third kappa shape index (κ3) is 8.32. The quantitative estimate of drug-likeness (QED) is 0.194. The van der Waals surface area contributed by atoms with Crippen molar-refractivity contribution in [3.05, 3.63) is 108 Å². The van der Waals surface area contributed by atoms with Crippen LogP contribution in [-0.4, -0.2) is 81.1 Å². The van der Waals surface area contributed by atoms with Crippen LogP contribution in [0.4, 0.5) is 0 Å². The number of aromatic nitrogens is 3. The number of ether oxygens (including phenoxy) is 1. The van der Waals surface area contributed by atoms with Gasteiger partial charge in [-0.05, 0) is 67.3 Å². The minimum Gasteiger partial charge on any atom is -0.492 e. The van der Waals surface area contributed by atoms with Crippen molar-refractivity contribution in [2.24, 2.45) is 0 Å². The van der Waals surface area contributed by atoms with Crippen molar-refractivity contribution in [2.75, 3.05) is 13.2 Å². The fraction of sp³-hybridized carbons (Fsp3) is 0.306. The van der Waals surface area contributed by atoms with Gasteiger partial charge in [-0.1, -0.05) is 42.5 Å². The number of hydrogen-bond donors (Lipinski definition) is 5. The molecule has 2 bridgehead atoms. The first kappa shape index (κ1) is 33.8. The van der Waals surface area contributed by atoms with E-state index in [2.05, 4.69) is 36.8 Å². The molecule has 1 saturated carbocycles. The molecule has 5 amide bonds. The Labute approximate surface area is 288 Å². The van der Waals surface area contributed by atoms with Crippen LogP contribution in [0.2, 0.25) is 0 Å². The zero-order chi connectivity index (χ0) is 35.1. The van der Waals surface area contributed by atoms with Crippen molar-refractivity contribution < 1.29 is 28.7 Å². The Bertz CT molecular complexity index is 1830. The summed E-state index contributed by atoms with van der Waals surface area (Å²) in [5, 5.41) is 21.6. The molecule has 258 valence electrons. The van der Waals surface area contributed by atoms with Crippen molar-refractivity contribution in [1.82, 2.24) is 41.3 Å². The number of amides is 5. The summed E-state index contributed by atoms with van der Waals surface area (Å²) in [6.07, 6.45) is 4.28. The molecule has 50 heavy (non-hydrogen) atoms. The number of rotatable bonds is 5. The van der Waals surface area contributed by atoms with Gasteiger partial charge in [0.15, 0.2) is 0 Å². The van der Waals surface area contributed by atoms with Gasteiger partial charge in [-0.25, -0.2) is 0 Å². The summed E-state index contributed by atoms with van der Waals surface area (Å²) in [6, 6.07) is 19.8. The van der Waals surface area contributed by atoms with Gasteiger partial charge in [-0.2, -0.15) is 0 Å². The molecule has 3 atom stereocenters. The molecule has 7 rings (SSSR count). The maximum atomic E-state index is 13.7. The highest BCUT2D eigenvalue weighted by Gasteiger charge is 2.51. The van der Waals surface area contributed by atoms with Gasteiger partial charge in [0.2, 0.25) is 23.6 Å². The molecule has 14 heteroatoms.